The van der Waals surface area contributed by atoms with Gasteiger partial charge in [-0.05, 0) is 35.9 Å². The maximum Gasteiger partial charge on any atom is 0.247 e. The Hall–Kier alpha value is -2.79. The minimum atomic E-state index is -0.674. The van der Waals surface area contributed by atoms with Crippen molar-refractivity contribution in [1.29, 1.82) is 0 Å². The predicted octanol–water partition coefficient (Wildman–Crippen LogP) is 3.51. The van der Waals surface area contributed by atoms with Gasteiger partial charge in [0.05, 0.1) is 0 Å². The highest BCUT2D eigenvalue weighted by atomic mass is 35.5. The van der Waals surface area contributed by atoms with Gasteiger partial charge in [0, 0.05) is 41.2 Å². The van der Waals surface area contributed by atoms with Gasteiger partial charge in [-0.2, -0.15) is 0 Å². The van der Waals surface area contributed by atoms with Crippen LogP contribution >= 0.6 is 11.6 Å². The molecule has 0 fully saturated rings. The molecule has 0 spiro atoms. The first-order valence-electron chi connectivity index (χ1n) is 7.91. The van der Waals surface area contributed by atoms with Crippen LogP contribution in [0.5, 0.6) is 0 Å². The van der Waals surface area contributed by atoms with E-state index >= 15 is 0 Å². The van der Waals surface area contributed by atoms with Gasteiger partial charge in [0.1, 0.15) is 6.04 Å². The number of nitrogens with one attached hydrogen (secondary N) is 3. The first-order chi connectivity index (χ1) is 12.0. The summed E-state index contributed by atoms with van der Waals surface area (Å²) in [6.45, 7) is 1.40. The van der Waals surface area contributed by atoms with Gasteiger partial charge in [-0.15, -0.1) is 0 Å². The molecule has 0 saturated carbocycles. The second-order valence-electron chi connectivity index (χ2n) is 5.81. The van der Waals surface area contributed by atoms with E-state index in [9.17, 15) is 9.59 Å². The van der Waals surface area contributed by atoms with Crippen LogP contribution in [0.1, 0.15) is 12.5 Å². The average molecular weight is 356 g/mol. The number of benzene rings is 2. The van der Waals surface area contributed by atoms with E-state index in [-0.39, 0.29) is 11.8 Å². The van der Waals surface area contributed by atoms with E-state index in [0.717, 1.165) is 16.5 Å². The molecule has 5 nitrogen and oxygen atoms in total. The molecule has 3 aromatic rings. The lowest BCUT2D eigenvalue weighted by Crippen LogP contribution is -2.44. The minimum Gasteiger partial charge on any atom is -0.361 e. The summed E-state index contributed by atoms with van der Waals surface area (Å²) in [7, 11) is 0. The molecular weight excluding hydrogens is 338 g/mol. The third-order valence-electron chi connectivity index (χ3n) is 3.90. The van der Waals surface area contributed by atoms with Crippen molar-refractivity contribution in [2.24, 2.45) is 0 Å². The minimum absolute atomic E-state index is 0.254. The number of H-pyrrole nitrogens is 1. The van der Waals surface area contributed by atoms with Crippen LogP contribution in [-0.4, -0.2) is 22.8 Å². The van der Waals surface area contributed by atoms with Crippen molar-refractivity contribution in [3.05, 3.63) is 65.3 Å². The smallest absolute Gasteiger partial charge is 0.247 e. The van der Waals surface area contributed by atoms with Crippen molar-refractivity contribution >= 4 is 40.0 Å². The fourth-order valence-corrected chi connectivity index (χ4v) is 2.86. The van der Waals surface area contributed by atoms with Crippen molar-refractivity contribution in [2.45, 2.75) is 19.4 Å². The molecule has 6 heteroatoms. The van der Waals surface area contributed by atoms with Crippen LogP contribution in [0.15, 0.2) is 54.7 Å². The summed E-state index contributed by atoms with van der Waals surface area (Å²) < 4.78 is 0. The summed E-state index contributed by atoms with van der Waals surface area (Å²) in [6, 6.07) is 14.0. The molecule has 0 aliphatic heterocycles. The Labute approximate surface area is 150 Å². The van der Waals surface area contributed by atoms with Gasteiger partial charge < -0.3 is 15.6 Å². The van der Waals surface area contributed by atoms with Gasteiger partial charge >= 0.3 is 0 Å². The Bertz CT molecular complexity index is 902. The van der Waals surface area contributed by atoms with Gasteiger partial charge in [-0.3, -0.25) is 9.59 Å². The zero-order chi connectivity index (χ0) is 17.8. The van der Waals surface area contributed by atoms with Gasteiger partial charge in [0.2, 0.25) is 11.8 Å². The fourth-order valence-electron chi connectivity index (χ4n) is 2.74. The van der Waals surface area contributed by atoms with Crippen molar-refractivity contribution in [1.82, 2.24) is 10.3 Å². The second-order valence-corrected chi connectivity index (χ2v) is 6.25. The molecule has 0 bridgehead atoms. The van der Waals surface area contributed by atoms with Gasteiger partial charge in [0.15, 0.2) is 0 Å². The maximum atomic E-state index is 12.6. The normalized spacial score (nSPS) is 11.9. The molecule has 1 atom stereocenters. The number of para-hydroxylation sites is 1. The lowest BCUT2D eigenvalue weighted by atomic mass is 10.0. The van der Waals surface area contributed by atoms with E-state index in [1.165, 1.54) is 6.92 Å². The number of aromatic amines is 1. The summed E-state index contributed by atoms with van der Waals surface area (Å²) in [6.07, 6.45) is 2.26. The highest BCUT2D eigenvalue weighted by Gasteiger charge is 2.21. The first kappa shape index (κ1) is 17.0. The number of hydrogen-bond acceptors (Lipinski definition) is 2. The Balaban J connectivity index is 1.80. The van der Waals surface area contributed by atoms with Crippen molar-refractivity contribution in [2.75, 3.05) is 5.32 Å². The van der Waals surface area contributed by atoms with E-state index in [2.05, 4.69) is 15.6 Å². The van der Waals surface area contributed by atoms with E-state index in [4.69, 9.17) is 11.6 Å². The molecule has 2 amide bonds. The lowest BCUT2D eigenvalue weighted by molar-refractivity contribution is -0.125. The number of fused-ring (bicyclic) bond motifs is 1. The third-order valence-corrected chi connectivity index (χ3v) is 4.16. The van der Waals surface area contributed by atoms with Gasteiger partial charge in [-0.1, -0.05) is 29.8 Å². The molecule has 1 aromatic heterocycles. The van der Waals surface area contributed by atoms with E-state index in [1.807, 2.05) is 30.5 Å². The standard InChI is InChI=1S/C19H18ClN3O2/c1-12(24)22-18(19(25)23-15-8-6-14(20)7-9-15)10-13-11-21-17-5-3-2-4-16(13)17/h2-9,11,18,21H,10H2,1H3,(H,22,24)(H,23,25). The molecule has 128 valence electrons. The molecule has 25 heavy (non-hydrogen) atoms. The van der Waals surface area contributed by atoms with Crippen molar-refractivity contribution in [3.63, 3.8) is 0 Å². The number of carbonyl (C=O) groups is 2. The lowest BCUT2D eigenvalue weighted by Gasteiger charge is -2.17. The Morgan fingerprint density at radius 3 is 2.56 bits per heavy atom. The Morgan fingerprint density at radius 1 is 1.12 bits per heavy atom. The van der Waals surface area contributed by atoms with Crippen molar-refractivity contribution in [3.8, 4) is 0 Å². The van der Waals surface area contributed by atoms with Crippen LogP contribution in [0, 0.1) is 0 Å². The van der Waals surface area contributed by atoms with Crippen LogP contribution in [0.25, 0.3) is 10.9 Å². The van der Waals surface area contributed by atoms with E-state index in [0.29, 0.717) is 17.1 Å². The summed E-state index contributed by atoms with van der Waals surface area (Å²) >= 11 is 5.86. The molecule has 1 unspecified atom stereocenters. The molecule has 1 heterocycles. The van der Waals surface area contributed by atoms with Gasteiger partial charge in [-0.25, -0.2) is 0 Å². The molecule has 2 aromatic carbocycles. The number of rotatable bonds is 5. The largest absolute Gasteiger partial charge is 0.361 e. The number of amides is 2. The first-order valence-corrected chi connectivity index (χ1v) is 8.29. The number of hydrogen-bond donors (Lipinski definition) is 3. The maximum absolute atomic E-state index is 12.6. The van der Waals surface area contributed by atoms with Crippen LogP contribution in [0.2, 0.25) is 5.02 Å². The van der Waals surface area contributed by atoms with E-state index < -0.39 is 6.04 Å². The topological polar surface area (TPSA) is 74.0 Å². The predicted molar refractivity (Wildman–Crippen MR) is 99.7 cm³/mol. The summed E-state index contributed by atoms with van der Waals surface area (Å²) in [5, 5.41) is 7.17. The molecule has 3 N–H and O–H groups in total. The fraction of sp³-hybridized carbons (Fsp3) is 0.158. The quantitative estimate of drug-likeness (QED) is 0.655. The number of anilines is 1. The highest BCUT2D eigenvalue weighted by Crippen LogP contribution is 2.20. The second kappa shape index (κ2) is 7.40. The van der Waals surface area contributed by atoms with Gasteiger partial charge in [0.25, 0.3) is 0 Å². The summed E-state index contributed by atoms with van der Waals surface area (Å²) in [5.41, 5.74) is 2.60. The molecule has 0 aliphatic carbocycles. The number of carbonyl (C=O) groups excluding carboxylic acids is 2. The van der Waals surface area contributed by atoms with E-state index in [1.54, 1.807) is 24.3 Å². The third kappa shape index (κ3) is 4.19. The SMILES string of the molecule is CC(=O)NC(Cc1c[nH]c2ccccc12)C(=O)Nc1ccc(Cl)cc1. The molecule has 0 aliphatic rings. The monoisotopic (exact) mass is 355 g/mol. The van der Waals surface area contributed by atoms with Crippen molar-refractivity contribution < 1.29 is 9.59 Å². The van der Waals surface area contributed by atoms with Crippen LogP contribution in [-0.2, 0) is 16.0 Å². The van der Waals surface area contributed by atoms with Crippen LogP contribution < -0.4 is 10.6 Å². The Kier molecular flexibility index (Phi) is 5.05. The molecule has 0 saturated heterocycles. The Morgan fingerprint density at radius 2 is 1.84 bits per heavy atom. The van der Waals surface area contributed by atoms with Crippen LogP contribution in [0.3, 0.4) is 0 Å². The number of aromatic nitrogens is 1. The van der Waals surface area contributed by atoms with Crippen LogP contribution in [0.4, 0.5) is 5.69 Å². The molecular formula is C19H18ClN3O2. The summed E-state index contributed by atoms with van der Waals surface area (Å²) in [5.74, 6) is -0.529. The molecule has 0 radical (unpaired) electrons. The zero-order valence-electron chi connectivity index (χ0n) is 13.7. The molecule has 3 rings (SSSR count). The summed E-state index contributed by atoms with van der Waals surface area (Å²) in [4.78, 5) is 27.3. The average Bonchev–Trinajstić information content (AvgIpc) is 2.99. The number of halogens is 1. The highest BCUT2D eigenvalue weighted by molar-refractivity contribution is 6.30. The zero-order valence-corrected chi connectivity index (χ0v) is 14.4.